The molecule has 3 fully saturated rings. The first-order chi connectivity index (χ1) is 16.0. The first kappa shape index (κ1) is 22.6. The fourth-order valence-corrected chi connectivity index (χ4v) is 6.30. The van der Waals surface area contributed by atoms with Gasteiger partial charge in [0.25, 0.3) is 0 Å². The number of fused-ring (bicyclic) bond motifs is 2. The summed E-state index contributed by atoms with van der Waals surface area (Å²) >= 11 is 0. The van der Waals surface area contributed by atoms with Gasteiger partial charge in [0.1, 0.15) is 11.6 Å². The van der Waals surface area contributed by atoms with Crippen molar-refractivity contribution in [1.82, 2.24) is 25.0 Å². The molecule has 2 bridgehead atoms. The molecule has 2 aromatic rings. The zero-order valence-corrected chi connectivity index (χ0v) is 20.4. The van der Waals surface area contributed by atoms with Gasteiger partial charge >= 0.3 is 0 Å². The molecule has 3 heterocycles. The molecule has 1 N–H and O–H groups in total. The van der Waals surface area contributed by atoms with Gasteiger partial charge in [0.15, 0.2) is 0 Å². The summed E-state index contributed by atoms with van der Waals surface area (Å²) in [6.07, 6.45) is 9.18. The summed E-state index contributed by atoms with van der Waals surface area (Å²) in [5.74, 6) is 3.06. The largest absolute Gasteiger partial charge is 0.349 e. The first-order valence-electron chi connectivity index (χ1n) is 13.0. The fraction of sp³-hybridized carbons (Fsp3) is 0.667. The van der Waals surface area contributed by atoms with Crippen LogP contribution in [0.15, 0.2) is 30.3 Å². The molecule has 1 aromatic heterocycles. The van der Waals surface area contributed by atoms with E-state index in [-0.39, 0.29) is 17.9 Å². The Kier molecular flexibility index (Phi) is 6.55. The molecule has 2 unspecified atom stereocenters. The van der Waals surface area contributed by atoms with Gasteiger partial charge in [-0.25, -0.2) is 0 Å². The number of aromatic nitrogens is 3. The van der Waals surface area contributed by atoms with E-state index in [9.17, 15) is 4.79 Å². The minimum atomic E-state index is 0.101. The number of nitrogens with zero attached hydrogens (tertiary/aromatic N) is 4. The van der Waals surface area contributed by atoms with Gasteiger partial charge in [-0.05, 0) is 57.4 Å². The van der Waals surface area contributed by atoms with Gasteiger partial charge in [-0.3, -0.25) is 9.69 Å². The molecule has 1 saturated carbocycles. The van der Waals surface area contributed by atoms with Crippen LogP contribution in [0, 0.1) is 12.8 Å². The molecule has 1 aliphatic carbocycles. The molecule has 0 radical (unpaired) electrons. The van der Waals surface area contributed by atoms with Crippen molar-refractivity contribution in [3.05, 3.63) is 47.5 Å². The van der Waals surface area contributed by atoms with Crippen molar-refractivity contribution in [3.63, 3.8) is 0 Å². The molecule has 3 atom stereocenters. The van der Waals surface area contributed by atoms with E-state index in [1.54, 1.807) is 0 Å². The zero-order valence-electron chi connectivity index (χ0n) is 20.4. The van der Waals surface area contributed by atoms with E-state index in [1.807, 2.05) is 0 Å². The summed E-state index contributed by atoms with van der Waals surface area (Å²) < 4.78 is 2.43. The van der Waals surface area contributed by atoms with Crippen molar-refractivity contribution in [2.24, 2.45) is 5.92 Å². The topological polar surface area (TPSA) is 63.1 Å². The second-order valence-electron chi connectivity index (χ2n) is 10.8. The number of rotatable bonds is 8. The molecule has 3 aliphatic rings. The van der Waals surface area contributed by atoms with Gasteiger partial charge < -0.3 is 9.88 Å². The number of aryl methyl sites for hydroxylation is 1. The number of benzene rings is 1. The third kappa shape index (κ3) is 4.59. The van der Waals surface area contributed by atoms with Crippen molar-refractivity contribution in [3.8, 4) is 0 Å². The van der Waals surface area contributed by atoms with E-state index >= 15 is 0 Å². The summed E-state index contributed by atoms with van der Waals surface area (Å²) in [6, 6.07) is 12.4. The summed E-state index contributed by atoms with van der Waals surface area (Å²) in [7, 11) is 0. The molecule has 6 nitrogen and oxygen atoms in total. The second-order valence-corrected chi connectivity index (χ2v) is 10.8. The first-order valence-corrected chi connectivity index (χ1v) is 13.0. The Balaban J connectivity index is 1.26. The maximum atomic E-state index is 12.8. The SMILES string of the molecule is Cc1nnc(C(C)C)n1C1CC2CCC(C1)N2CC[C@@H](NC(=O)C1CCC1)c1ccccc1. The second kappa shape index (κ2) is 9.57. The van der Waals surface area contributed by atoms with Crippen molar-refractivity contribution in [2.75, 3.05) is 6.54 Å². The maximum absolute atomic E-state index is 12.8. The average molecular weight is 450 g/mol. The third-order valence-electron chi connectivity index (χ3n) is 8.30. The lowest BCUT2D eigenvalue weighted by atomic mass is 9.84. The van der Waals surface area contributed by atoms with Crippen molar-refractivity contribution in [2.45, 2.75) is 102 Å². The number of hydrogen-bond acceptors (Lipinski definition) is 4. The number of amides is 1. The Hall–Kier alpha value is -2.21. The summed E-state index contributed by atoms with van der Waals surface area (Å²) in [4.78, 5) is 15.5. The van der Waals surface area contributed by atoms with Crippen LogP contribution in [0.3, 0.4) is 0 Å². The van der Waals surface area contributed by atoms with Crippen molar-refractivity contribution in [1.29, 1.82) is 0 Å². The number of carbonyl (C=O) groups is 1. The average Bonchev–Trinajstić information content (AvgIpc) is 3.26. The Bertz CT molecular complexity index is 937. The van der Waals surface area contributed by atoms with E-state index in [2.05, 4.69) is 76.1 Å². The Morgan fingerprint density at radius 1 is 1.03 bits per heavy atom. The molecular formula is C27H39N5O. The van der Waals surface area contributed by atoms with Crippen LogP contribution in [0.25, 0.3) is 0 Å². The molecule has 0 spiro atoms. The molecule has 5 rings (SSSR count). The lowest BCUT2D eigenvalue weighted by Crippen LogP contribution is -2.45. The maximum Gasteiger partial charge on any atom is 0.223 e. The Labute approximate surface area is 198 Å². The standard InChI is InChI=1S/C27H39N5O/c1-18(2)26-30-29-19(3)32(26)24-16-22-12-13-23(17-24)31(22)15-14-25(20-8-5-4-6-9-20)28-27(33)21-10-7-11-21/h4-6,8-9,18,21-25H,7,10-17H2,1-3H3,(H,28,33)/t22?,23?,24?,25-/m1/s1. The molecule has 1 amide bonds. The smallest absolute Gasteiger partial charge is 0.223 e. The van der Waals surface area contributed by atoms with Crippen molar-refractivity contribution < 1.29 is 4.79 Å². The van der Waals surface area contributed by atoms with Gasteiger partial charge in [-0.2, -0.15) is 0 Å². The fourth-order valence-electron chi connectivity index (χ4n) is 6.30. The van der Waals surface area contributed by atoms with Crippen LogP contribution in [0.4, 0.5) is 0 Å². The summed E-state index contributed by atoms with van der Waals surface area (Å²) in [5, 5.41) is 12.3. The Morgan fingerprint density at radius 3 is 2.33 bits per heavy atom. The highest BCUT2D eigenvalue weighted by molar-refractivity contribution is 5.79. The molecule has 2 aliphatic heterocycles. The molecule has 1 aromatic carbocycles. The number of nitrogens with one attached hydrogen (secondary N) is 1. The van der Waals surface area contributed by atoms with Gasteiger partial charge in [-0.15, -0.1) is 10.2 Å². The van der Waals surface area contributed by atoms with E-state index in [0.29, 0.717) is 24.0 Å². The highest BCUT2D eigenvalue weighted by Crippen LogP contribution is 2.42. The van der Waals surface area contributed by atoms with Gasteiger partial charge in [0.2, 0.25) is 5.91 Å². The highest BCUT2D eigenvalue weighted by atomic mass is 16.2. The number of hydrogen-bond donors (Lipinski definition) is 1. The quantitative estimate of drug-likeness (QED) is 0.621. The van der Waals surface area contributed by atoms with Crippen LogP contribution < -0.4 is 5.32 Å². The predicted octanol–water partition coefficient (Wildman–Crippen LogP) is 4.93. The monoisotopic (exact) mass is 449 g/mol. The van der Waals surface area contributed by atoms with E-state index in [4.69, 9.17) is 0 Å². The van der Waals surface area contributed by atoms with Crippen LogP contribution >= 0.6 is 0 Å². The molecule has 178 valence electrons. The van der Waals surface area contributed by atoms with Crippen LogP contribution in [-0.4, -0.2) is 44.2 Å². The van der Waals surface area contributed by atoms with E-state index < -0.39 is 0 Å². The third-order valence-corrected chi connectivity index (χ3v) is 8.30. The van der Waals surface area contributed by atoms with E-state index in [1.165, 1.54) is 37.7 Å². The number of piperidine rings is 1. The normalized spacial score (nSPS) is 26.4. The molecule has 2 saturated heterocycles. The molecular weight excluding hydrogens is 410 g/mol. The molecule has 6 heteroatoms. The summed E-state index contributed by atoms with van der Waals surface area (Å²) in [5.41, 5.74) is 1.23. The zero-order chi connectivity index (χ0) is 22.9. The van der Waals surface area contributed by atoms with Crippen LogP contribution in [-0.2, 0) is 4.79 Å². The lowest BCUT2D eigenvalue weighted by molar-refractivity contribution is -0.128. The minimum absolute atomic E-state index is 0.101. The number of carbonyl (C=O) groups excluding carboxylic acids is 1. The van der Waals surface area contributed by atoms with Gasteiger partial charge in [0.05, 0.1) is 6.04 Å². The minimum Gasteiger partial charge on any atom is -0.349 e. The Morgan fingerprint density at radius 2 is 1.73 bits per heavy atom. The molecule has 33 heavy (non-hydrogen) atoms. The summed E-state index contributed by atoms with van der Waals surface area (Å²) in [6.45, 7) is 7.57. The van der Waals surface area contributed by atoms with Crippen LogP contribution in [0.5, 0.6) is 0 Å². The van der Waals surface area contributed by atoms with Crippen LogP contribution in [0.1, 0.15) is 100 Å². The highest BCUT2D eigenvalue weighted by Gasteiger charge is 2.42. The van der Waals surface area contributed by atoms with Gasteiger partial charge in [-0.1, -0.05) is 50.6 Å². The van der Waals surface area contributed by atoms with Crippen LogP contribution in [0.2, 0.25) is 0 Å². The van der Waals surface area contributed by atoms with Gasteiger partial charge in [0, 0.05) is 36.5 Å². The predicted molar refractivity (Wildman–Crippen MR) is 130 cm³/mol. The van der Waals surface area contributed by atoms with Crippen molar-refractivity contribution >= 4 is 5.91 Å². The lowest BCUT2D eigenvalue weighted by Gasteiger charge is -2.41. The van der Waals surface area contributed by atoms with E-state index in [0.717, 1.165) is 37.5 Å².